The predicted molar refractivity (Wildman–Crippen MR) is 103 cm³/mol. The molecular weight excluding hydrogens is 375 g/mol. The Kier molecular flexibility index (Phi) is 5.34. The van der Waals surface area contributed by atoms with Gasteiger partial charge in [0.15, 0.2) is 0 Å². The van der Waals surface area contributed by atoms with Crippen LogP contribution in [0.15, 0.2) is 53.4 Å². The molecule has 132 valence electrons. The van der Waals surface area contributed by atoms with Crippen LogP contribution in [0.5, 0.6) is 5.75 Å². The maximum absolute atomic E-state index is 13.0. The van der Waals surface area contributed by atoms with Crippen molar-refractivity contribution in [2.45, 2.75) is 0 Å². The summed E-state index contributed by atoms with van der Waals surface area (Å²) in [5, 5.41) is 11.9. The van der Waals surface area contributed by atoms with E-state index in [0.717, 1.165) is 11.8 Å². The van der Waals surface area contributed by atoms with Gasteiger partial charge in [0.2, 0.25) is 5.91 Å². The van der Waals surface area contributed by atoms with Gasteiger partial charge in [-0.2, -0.15) is 0 Å². The van der Waals surface area contributed by atoms with Gasteiger partial charge in [-0.15, -0.1) is 0 Å². The molecule has 3 rings (SSSR count). The van der Waals surface area contributed by atoms with Gasteiger partial charge in [-0.25, -0.2) is 4.39 Å². The lowest BCUT2D eigenvalue weighted by atomic mass is 10.2. The smallest absolute Gasteiger partial charge is 0.266 e. The van der Waals surface area contributed by atoms with Gasteiger partial charge in [0.05, 0.1) is 4.91 Å². The quantitative estimate of drug-likeness (QED) is 0.477. The number of nitrogens with zero attached hydrogens (tertiary/aromatic N) is 1. The van der Waals surface area contributed by atoms with Crippen LogP contribution in [0.25, 0.3) is 6.08 Å². The molecule has 2 N–H and O–H groups in total. The van der Waals surface area contributed by atoms with E-state index >= 15 is 0 Å². The van der Waals surface area contributed by atoms with Crippen LogP contribution < -0.4 is 5.32 Å². The fraction of sp³-hybridized carbons (Fsp3) is 0.0556. The summed E-state index contributed by atoms with van der Waals surface area (Å²) in [6.45, 7) is -0.216. The second-order valence-electron chi connectivity index (χ2n) is 5.41. The summed E-state index contributed by atoms with van der Waals surface area (Å²) in [4.78, 5) is 26.2. The Balaban J connectivity index is 1.67. The third-order valence-corrected chi connectivity index (χ3v) is 4.87. The Morgan fingerprint density at radius 3 is 2.50 bits per heavy atom. The number of thioether (sulfide) groups is 1. The average Bonchev–Trinajstić information content (AvgIpc) is 2.86. The summed E-state index contributed by atoms with van der Waals surface area (Å²) in [5.41, 5.74) is 1.17. The molecular formula is C18H13FN2O3S2. The van der Waals surface area contributed by atoms with Crippen molar-refractivity contribution < 1.29 is 19.1 Å². The molecule has 0 bridgehead atoms. The Morgan fingerprint density at radius 2 is 1.85 bits per heavy atom. The number of nitrogens with one attached hydrogen (secondary N) is 1. The fourth-order valence-corrected chi connectivity index (χ4v) is 3.49. The lowest BCUT2D eigenvalue weighted by Gasteiger charge is -2.14. The minimum atomic E-state index is -0.407. The van der Waals surface area contributed by atoms with Crippen LogP contribution in [0.3, 0.4) is 0 Å². The molecule has 2 amide bonds. The van der Waals surface area contributed by atoms with Crippen molar-refractivity contribution >= 4 is 51.9 Å². The number of halogens is 1. The summed E-state index contributed by atoms with van der Waals surface area (Å²) in [5.74, 6) is -1.05. The normalized spacial score (nSPS) is 15.6. The first-order valence-electron chi connectivity index (χ1n) is 7.52. The predicted octanol–water partition coefficient (Wildman–Crippen LogP) is 3.37. The van der Waals surface area contributed by atoms with Crippen LogP contribution in [-0.4, -0.2) is 32.7 Å². The summed E-state index contributed by atoms with van der Waals surface area (Å²) in [6, 6.07) is 11.7. The molecule has 26 heavy (non-hydrogen) atoms. The maximum Gasteiger partial charge on any atom is 0.266 e. The summed E-state index contributed by atoms with van der Waals surface area (Å²) in [6.07, 6.45) is 1.61. The number of carbonyl (C=O) groups excluding carboxylic acids is 2. The first kappa shape index (κ1) is 18.1. The van der Waals surface area contributed by atoms with E-state index in [4.69, 9.17) is 12.2 Å². The number of phenolic OH excluding ortho intramolecular Hbond substituents is 1. The molecule has 0 aromatic heterocycles. The standard InChI is InChI=1S/C18H13FN2O3S2/c19-12-3-1-11(2-4-12)9-15-17(24)21(18(25)26-15)10-16(23)20-13-5-7-14(22)8-6-13/h1-9,22H,10H2,(H,20,23)/b15-9-. The Bertz CT molecular complexity index is 896. The molecule has 0 atom stereocenters. The van der Waals surface area contributed by atoms with E-state index in [0.29, 0.717) is 16.2 Å². The van der Waals surface area contributed by atoms with Crippen LogP contribution in [0.4, 0.5) is 10.1 Å². The topological polar surface area (TPSA) is 69.6 Å². The SMILES string of the molecule is O=C(CN1C(=O)/C(=C/c2ccc(F)cc2)SC1=S)Nc1ccc(O)cc1. The highest BCUT2D eigenvalue weighted by Gasteiger charge is 2.33. The average molecular weight is 388 g/mol. The van der Waals surface area contributed by atoms with Crippen molar-refractivity contribution in [3.63, 3.8) is 0 Å². The number of thiocarbonyl (C=S) groups is 1. The van der Waals surface area contributed by atoms with Crippen molar-refractivity contribution in [2.24, 2.45) is 0 Å². The number of amides is 2. The van der Waals surface area contributed by atoms with E-state index in [9.17, 15) is 19.1 Å². The van der Waals surface area contributed by atoms with E-state index in [1.165, 1.54) is 29.2 Å². The zero-order valence-corrected chi connectivity index (χ0v) is 14.9. The second-order valence-corrected chi connectivity index (χ2v) is 7.09. The van der Waals surface area contributed by atoms with Gasteiger partial charge < -0.3 is 10.4 Å². The van der Waals surface area contributed by atoms with E-state index < -0.39 is 5.91 Å². The number of phenols is 1. The highest BCUT2D eigenvalue weighted by molar-refractivity contribution is 8.26. The van der Waals surface area contributed by atoms with Gasteiger partial charge >= 0.3 is 0 Å². The minimum absolute atomic E-state index is 0.0888. The molecule has 1 aliphatic heterocycles. The fourth-order valence-electron chi connectivity index (χ4n) is 2.24. The highest BCUT2D eigenvalue weighted by atomic mass is 32.2. The lowest BCUT2D eigenvalue weighted by molar-refractivity contribution is -0.126. The zero-order valence-electron chi connectivity index (χ0n) is 13.3. The minimum Gasteiger partial charge on any atom is -0.508 e. The van der Waals surface area contributed by atoms with Crippen LogP contribution in [-0.2, 0) is 9.59 Å². The molecule has 8 heteroatoms. The number of anilines is 1. The molecule has 2 aromatic carbocycles. The molecule has 0 spiro atoms. The molecule has 2 aromatic rings. The molecule has 1 saturated heterocycles. The Morgan fingerprint density at radius 1 is 1.19 bits per heavy atom. The first-order chi connectivity index (χ1) is 12.4. The molecule has 0 aliphatic carbocycles. The molecule has 0 saturated carbocycles. The molecule has 0 unspecified atom stereocenters. The molecule has 1 aliphatic rings. The number of benzene rings is 2. The van der Waals surface area contributed by atoms with Gasteiger partial charge in [-0.3, -0.25) is 14.5 Å². The number of rotatable bonds is 4. The van der Waals surface area contributed by atoms with Crippen molar-refractivity contribution in [1.29, 1.82) is 0 Å². The molecule has 1 heterocycles. The van der Waals surface area contributed by atoms with Crippen molar-refractivity contribution in [3.05, 3.63) is 64.8 Å². The number of hydrogen-bond donors (Lipinski definition) is 2. The molecule has 0 radical (unpaired) electrons. The van der Waals surface area contributed by atoms with Crippen LogP contribution in [0, 0.1) is 5.82 Å². The monoisotopic (exact) mass is 388 g/mol. The van der Waals surface area contributed by atoms with Gasteiger partial charge in [0.1, 0.15) is 22.4 Å². The van der Waals surface area contributed by atoms with Gasteiger partial charge in [-0.1, -0.05) is 36.1 Å². The number of carbonyl (C=O) groups is 2. The van der Waals surface area contributed by atoms with Crippen molar-refractivity contribution in [3.8, 4) is 5.75 Å². The van der Waals surface area contributed by atoms with E-state index in [1.54, 1.807) is 30.3 Å². The number of hydrogen-bond acceptors (Lipinski definition) is 5. The second kappa shape index (κ2) is 7.67. The zero-order chi connectivity index (χ0) is 18.7. The lowest BCUT2D eigenvalue weighted by Crippen LogP contribution is -2.36. The van der Waals surface area contributed by atoms with Crippen LogP contribution in [0.1, 0.15) is 5.56 Å². The Hall–Kier alpha value is -2.71. The van der Waals surface area contributed by atoms with Gasteiger partial charge in [0, 0.05) is 5.69 Å². The highest BCUT2D eigenvalue weighted by Crippen LogP contribution is 2.32. The van der Waals surface area contributed by atoms with Gasteiger partial charge in [-0.05, 0) is 48.0 Å². The Labute approximate surface area is 158 Å². The maximum atomic E-state index is 13.0. The molecule has 5 nitrogen and oxygen atoms in total. The van der Waals surface area contributed by atoms with Crippen molar-refractivity contribution in [2.75, 3.05) is 11.9 Å². The number of aromatic hydroxyl groups is 1. The summed E-state index contributed by atoms with van der Waals surface area (Å²) >= 11 is 6.28. The summed E-state index contributed by atoms with van der Waals surface area (Å²) in [7, 11) is 0. The van der Waals surface area contributed by atoms with Crippen LogP contribution in [0.2, 0.25) is 0 Å². The van der Waals surface area contributed by atoms with Crippen molar-refractivity contribution in [1.82, 2.24) is 4.90 Å². The van der Waals surface area contributed by atoms with E-state index in [1.807, 2.05) is 0 Å². The van der Waals surface area contributed by atoms with Gasteiger partial charge in [0.25, 0.3) is 5.91 Å². The third-order valence-electron chi connectivity index (χ3n) is 3.49. The first-order valence-corrected chi connectivity index (χ1v) is 8.75. The van der Waals surface area contributed by atoms with Crippen LogP contribution >= 0.6 is 24.0 Å². The molecule has 1 fully saturated rings. The third kappa shape index (κ3) is 4.27. The van der Waals surface area contributed by atoms with E-state index in [2.05, 4.69) is 5.32 Å². The largest absolute Gasteiger partial charge is 0.508 e. The van der Waals surface area contributed by atoms with E-state index in [-0.39, 0.29) is 28.3 Å². The summed E-state index contributed by atoms with van der Waals surface area (Å²) < 4.78 is 13.2.